The molecule has 2 rings (SSSR count). The monoisotopic (exact) mass is 468 g/mol. The van der Waals surface area contributed by atoms with Crippen molar-refractivity contribution in [3.05, 3.63) is 0 Å². The molecule has 1 saturated carbocycles. The van der Waals surface area contributed by atoms with Gasteiger partial charge in [-0.15, -0.1) is 24.0 Å². The van der Waals surface area contributed by atoms with Crippen molar-refractivity contribution in [2.45, 2.75) is 57.2 Å². The smallest absolute Gasteiger partial charge is 0.191 e. The molecule has 0 aromatic rings. The summed E-state index contributed by atoms with van der Waals surface area (Å²) in [6.45, 7) is 9.53. The van der Waals surface area contributed by atoms with Crippen molar-refractivity contribution in [2.75, 3.05) is 39.5 Å². The third-order valence-electron chi connectivity index (χ3n) is 5.17. The lowest BCUT2D eigenvalue weighted by Gasteiger charge is -2.35. The molecule has 4 nitrogen and oxygen atoms in total. The third-order valence-corrected chi connectivity index (χ3v) is 6.27. The van der Waals surface area contributed by atoms with E-state index in [1.54, 1.807) is 0 Å². The Bertz CT molecular complexity index is 370. The average molecular weight is 468 g/mol. The predicted molar refractivity (Wildman–Crippen MR) is 119 cm³/mol. The van der Waals surface area contributed by atoms with Crippen LogP contribution in [-0.4, -0.2) is 61.6 Å². The van der Waals surface area contributed by atoms with Crippen LogP contribution >= 0.6 is 35.7 Å². The summed E-state index contributed by atoms with van der Waals surface area (Å²) in [5.41, 5.74) is 0. The molecular formula is C18H37IN4S. The van der Waals surface area contributed by atoms with Crippen molar-refractivity contribution < 1.29 is 0 Å². The van der Waals surface area contributed by atoms with E-state index in [4.69, 9.17) is 0 Å². The summed E-state index contributed by atoms with van der Waals surface area (Å²) in [4.78, 5) is 7.02. The number of aliphatic imine (C=N–C) groups is 1. The summed E-state index contributed by atoms with van der Waals surface area (Å²) < 4.78 is 0. The highest BCUT2D eigenvalue weighted by Crippen LogP contribution is 2.28. The Morgan fingerprint density at radius 2 is 1.88 bits per heavy atom. The molecule has 0 bridgehead atoms. The van der Waals surface area contributed by atoms with Gasteiger partial charge >= 0.3 is 0 Å². The zero-order valence-electron chi connectivity index (χ0n) is 15.9. The lowest BCUT2D eigenvalue weighted by molar-refractivity contribution is 0.140. The quantitative estimate of drug-likeness (QED) is 0.271. The van der Waals surface area contributed by atoms with Gasteiger partial charge in [0, 0.05) is 38.0 Å². The van der Waals surface area contributed by atoms with Crippen LogP contribution in [0.15, 0.2) is 4.99 Å². The van der Waals surface area contributed by atoms with Gasteiger partial charge in [-0.1, -0.05) is 13.8 Å². The fraction of sp³-hybridized carbons (Fsp3) is 0.944. The molecule has 1 heterocycles. The lowest BCUT2D eigenvalue weighted by atomic mass is 9.92. The van der Waals surface area contributed by atoms with Gasteiger partial charge in [-0.05, 0) is 56.7 Å². The maximum absolute atomic E-state index is 4.38. The first-order valence-corrected chi connectivity index (χ1v) is 10.6. The minimum Gasteiger partial charge on any atom is -0.356 e. The topological polar surface area (TPSA) is 39.7 Å². The van der Waals surface area contributed by atoms with Gasteiger partial charge in [0.05, 0.1) is 0 Å². The molecule has 1 aliphatic carbocycles. The number of halogens is 1. The van der Waals surface area contributed by atoms with Crippen molar-refractivity contribution in [3.63, 3.8) is 0 Å². The molecule has 6 heteroatoms. The molecule has 0 aromatic carbocycles. The zero-order valence-corrected chi connectivity index (χ0v) is 19.0. The molecule has 0 aromatic heterocycles. The highest BCUT2D eigenvalue weighted by molar-refractivity contribution is 14.0. The zero-order chi connectivity index (χ0) is 16.7. The standard InChI is InChI=1S/C18H36N4S.HI/c1-14-10-15(2)13-22(12-14)9-5-8-20-18(19-3)21-16-6-7-17(11-16)23-4;/h14-17H,5-13H2,1-4H3,(H2,19,20,21);1H. The van der Waals surface area contributed by atoms with Crippen LogP contribution < -0.4 is 10.6 Å². The van der Waals surface area contributed by atoms with Crippen LogP contribution in [0, 0.1) is 11.8 Å². The van der Waals surface area contributed by atoms with E-state index in [-0.39, 0.29) is 24.0 Å². The van der Waals surface area contributed by atoms with Crippen LogP contribution in [-0.2, 0) is 0 Å². The molecule has 1 aliphatic heterocycles. The Hall–Kier alpha value is 0.310. The molecule has 4 unspecified atom stereocenters. The van der Waals surface area contributed by atoms with Crippen molar-refractivity contribution in [2.24, 2.45) is 16.8 Å². The molecule has 0 amide bonds. The van der Waals surface area contributed by atoms with Crippen LogP contribution in [0.4, 0.5) is 0 Å². The van der Waals surface area contributed by atoms with E-state index in [0.717, 1.165) is 29.6 Å². The Balaban J connectivity index is 0.00000288. The summed E-state index contributed by atoms with van der Waals surface area (Å²) >= 11 is 2.00. The lowest BCUT2D eigenvalue weighted by Crippen LogP contribution is -2.44. The van der Waals surface area contributed by atoms with E-state index < -0.39 is 0 Å². The Morgan fingerprint density at radius 3 is 2.46 bits per heavy atom. The van der Waals surface area contributed by atoms with Crippen LogP contribution in [0.3, 0.4) is 0 Å². The third kappa shape index (κ3) is 7.68. The van der Waals surface area contributed by atoms with E-state index in [1.165, 1.54) is 51.7 Å². The largest absolute Gasteiger partial charge is 0.356 e. The van der Waals surface area contributed by atoms with Gasteiger partial charge in [-0.25, -0.2) is 0 Å². The number of thioether (sulfide) groups is 1. The molecule has 2 aliphatic rings. The summed E-state index contributed by atoms with van der Waals surface area (Å²) in [5.74, 6) is 2.69. The van der Waals surface area contributed by atoms with Gasteiger partial charge in [0.1, 0.15) is 0 Å². The molecule has 142 valence electrons. The fourth-order valence-corrected chi connectivity index (χ4v) is 4.95. The molecular weight excluding hydrogens is 431 g/mol. The molecule has 1 saturated heterocycles. The molecule has 0 radical (unpaired) electrons. The van der Waals surface area contributed by atoms with Crippen molar-refractivity contribution in [1.29, 1.82) is 0 Å². The maximum atomic E-state index is 4.38. The minimum atomic E-state index is 0. The first-order valence-electron chi connectivity index (χ1n) is 9.33. The summed E-state index contributed by atoms with van der Waals surface area (Å²) in [6, 6.07) is 0.599. The van der Waals surface area contributed by atoms with E-state index in [9.17, 15) is 0 Å². The Labute approximate surface area is 170 Å². The average Bonchev–Trinajstić information content (AvgIpc) is 2.97. The number of piperidine rings is 1. The van der Waals surface area contributed by atoms with Crippen LogP contribution in [0.25, 0.3) is 0 Å². The first kappa shape index (κ1) is 22.4. The number of nitrogens with one attached hydrogen (secondary N) is 2. The molecule has 0 spiro atoms. The molecule has 2 N–H and O–H groups in total. The fourth-order valence-electron chi connectivity index (χ4n) is 4.16. The SMILES string of the molecule is CN=C(NCCCN1CC(C)CC(C)C1)NC1CCC(SC)C1.I. The Morgan fingerprint density at radius 1 is 1.17 bits per heavy atom. The van der Waals surface area contributed by atoms with Gasteiger partial charge in [0.25, 0.3) is 0 Å². The summed E-state index contributed by atoms with van der Waals surface area (Å²) in [5, 5.41) is 7.92. The molecule has 2 fully saturated rings. The van der Waals surface area contributed by atoms with E-state index in [0.29, 0.717) is 6.04 Å². The summed E-state index contributed by atoms with van der Waals surface area (Å²) in [6.07, 6.45) is 8.69. The van der Waals surface area contributed by atoms with Gasteiger partial charge < -0.3 is 15.5 Å². The number of guanidine groups is 1. The van der Waals surface area contributed by atoms with E-state index >= 15 is 0 Å². The second-order valence-corrected chi connectivity index (χ2v) is 8.71. The highest BCUT2D eigenvalue weighted by Gasteiger charge is 2.24. The first-order chi connectivity index (χ1) is 11.1. The van der Waals surface area contributed by atoms with Gasteiger partial charge in [-0.3, -0.25) is 4.99 Å². The second kappa shape index (κ2) is 11.8. The maximum Gasteiger partial charge on any atom is 0.191 e. The molecule has 24 heavy (non-hydrogen) atoms. The van der Waals surface area contributed by atoms with Gasteiger partial charge in [0.2, 0.25) is 0 Å². The van der Waals surface area contributed by atoms with E-state index in [1.807, 2.05) is 18.8 Å². The number of hydrogen-bond acceptors (Lipinski definition) is 3. The van der Waals surface area contributed by atoms with Crippen molar-refractivity contribution in [1.82, 2.24) is 15.5 Å². The number of nitrogens with zero attached hydrogens (tertiary/aromatic N) is 2. The van der Waals surface area contributed by atoms with Crippen LogP contribution in [0.5, 0.6) is 0 Å². The number of hydrogen-bond donors (Lipinski definition) is 2. The van der Waals surface area contributed by atoms with Crippen molar-refractivity contribution in [3.8, 4) is 0 Å². The minimum absolute atomic E-state index is 0. The van der Waals surface area contributed by atoms with Crippen molar-refractivity contribution >= 4 is 41.7 Å². The van der Waals surface area contributed by atoms with E-state index in [2.05, 4.69) is 40.6 Å². The van der Waals surface area contributed by atoms with Gasteiger partial charge in [0.15, 0.2) is 5.96 Å². The normalized spacial score (nSPS) is 31.6. The number of rotatable bonds is 6. The highest BCUT2D eigenvalue weighted by atomic mass is 127. The second-order valence-electron chi connectivity index (χ2n) is 7.57. The van der Waals surface area contributed by atoms with Gasteiger partial charge in [-0.2, -0.15) is 11.8 Å². The summed E-state index contributed by atoms with van der Waals surface area (Å²) in [7, 11) is 1.88. The van der Waals surface area contributed by atoms with Crippen LogP contribution in [0.2, 0.25) is 0 Å². The number of likely N-dealkylation sites (tertiary alicyclic amines) is 1. The Kier molecular flexibility index (Phi) is 11.0. The van der Waals surface area contributed by atoms with Crippen LogP contribution in [0.1, 0.15) is 46.0 Å². The predicted octanol–water partition coefficient (Wildman–Crippen LogP) is 3.42. The molecule has 4 atom stereocenters.